The Kier molecular flexibility index (Phi) is 6.84. The smallest absolute Gasteiger partial charge is 0.338 e. The molecule has 0 saturated carbocycles. The van der Waals surface area contributed by atoms with Crippen LogP contribution in [-0.4, -0.2) is 25.7 Å². The van der Waals surface area contributed by atoms with Crippen molar-refractivity contribution in [1.29, 1.82) is 0 Å². The predicted molar refractivity (Wildman–Crippen MR) is 113 cm³/mol. The fourth-order valence-electron chi connectivity index (χ4n) is 3.22. The summed E-state index contributed by atoms with van der Waals surface area (Å²) in [6.07, 6.45) is 0. The third-order valence-corrected chi connectivity index (χ3v) is 4.85. The molecule has 2 N–H and O–H groups in total. The molecule has 0 fully saturated rings. The maximum Gasteiger partial charge on any atom is 0.338 e. The second kappa shape index (κ2) is 9.54. The number of allylic oxidation sites excluding steroid dienone is 1. The molecule has 0 radical (unpaired) electrons. The average molecular weight is 431 g/mol. The lowest BCUT2D eigenvalue weighted by molar-refractivity contribution is -0.139. The van der Waals surface area contributed by atoms with E-state index in [1.54, 1.807) is 44.2 Å². The Bertz CT molecular complexity index is 972. The van der Waals surface area contributed by atoms with Crippen LogP contribution in [0.4, 0.5) is 4.79 Å². The molecule has 0 unspecified atom stereocenters. The standard InChI is InChI=1S/C22H23ClN2O5/c1-4-29-21(26)18-13(2)24-22(27)25-19(18)16-6-5-7-17(28-3)20(16)30-12-14-8-10-15(23)11-9-14/h5-11,19H,4,12H2,1-3H3,(H2,24,25,27)/t19-/m1/s1. The van der Waals surface area contributed by atoms with E-state index in [1.807, 2.05) is 12.1 Å². The number of carbonyl (C=O) groups excluding carboxylic acids is 2. The van der Waals surface area contributed by atoms with E-state index in [0.717, 1.165) is 5.56 Å². The molecule has 0 aromatic heterocycles. The molecule has 8 heteroatoms. The van der Waals surface area contributed by atoms with Crippen molar-refractivity contribution < 1.29 is 23.8 Å². The van der Waals surface area contributed by atoms with Gasteiger partial charge in [-0.2, -0.15) is 0 Å². The highest BCUT2D eigenvalue weighted by molar-refractivity contribution is 6.30. The van der Waals surface area contributed by atoms with Gasteiger partial charge in [0.25, 0.3) is 0 Å². The number of para-hydroxylation sites is 1. The number of esters is 1. The lowest BCUT2D eigenvalue weighted by atomic mass is 9.94. The van der Waals surface area contributed by atoms with Gasteiger partial charge in [-0.3, -0.25) is 0 Å². The molecule has 7 nitrogen and oxygen atoms in total. The number of carbonyl (C=O) groups is 2. The van der Waals surface area contributed by atoms with Crippen LogP contribution >= 0.6 is 11.6 Å². The van der Waals surface area contributed by atoms with Crippen molar-refractivity contribution in [2.45, 2.75) is 26.5 Å². The molecule has 158 valence electrons. The fraction of sp³-hybridized carbons (Fsp3) is 0.273. The van der Waals surface area contributed by atoms with Crippen LogP contribution in [0.3, 0.4) is 0 Å². The van der Waals surface area contributed by atoms with Crippen molar-refractivity contribution in [1.82, 2.24) is 10.6 Å². The number of benzene rings is 2. The van der Waals surface area contributed by atoms with E-state index in [9.17, 15) is 9.59 Å². The Morgan fingerprint density at radius 2 is 1.90 bits per heavy atom. The zero-order valence-corrected chi connectivity index (χ0v) is 17.7. The fourth-order valence-corrected chi connectivity index (χ4v) is 3.34. The van der Waals surface area contributed by atoms with Gasteiger partial charge in [-0.25, -0.2) is 9.59 Å². The lowest BCUT2D eigenvalue weighted by Crippen LogP contribution is -2.45. The van der Waals surface area contributed by atoms with Gasteiger partial charge < -0.3 is 24.8 Å². The first kappa shape index (κ1) is 21.5. The van der Waals surface area contributed by atoms with Gasteiger partial charge in [-0.15, -0.1) is 0 Å². The van der Waals surface area contributed by atoms with Crippen LogP contribution in [0.5, 0.6) is 11.5 Å². The summed E-state index contributed by atoms with van der Waals surface area (Å²) >= 11 is 5.95. The number of methoxy groups -OCH3 is 1. The second-order valence-corrected chi connectivity index (χ2v) is 7.02. The Morgan fingerprint density at radius 1 is 1.17 bits per heavy atom. The van der Waals surface area contributed by atoms with Crippen molar-refractivity contribution in [3.63, 3.8) is 0 Å². The minimum atomic E-state index is -0.756. The molecule has 0 bridgehead atoms. The molecule has 1 aliphatic rings. The number of nitrogens with one attached hydrogen (secondary N) is 2. The molecule has 2 aromatic rings. The first-order valence-corrected chi connectivity index (χ1v) is 9.82. The minimum Gasteiger partial charge on any atom is -0.493 e. The molecule has 30 heavy (non-hydrogen) atoms. The molecule has 0 aliphatic carbocycles. The van der Waals surface area contributed by atoms with Gasteiger partial charge in [0, 0.05) is 16.3 Å². The summed E-state index contributed by atoms with van der Waals surface area (Å²) in [5.74, 6) is 0.394. The van der Waals surface area contributed by atoms with E-state index in [0.29, 0.717) is 33.4 Å². The summed E-state index contributed by atoms with van der Waals surface area (Å²) in [6, 6.07) is 11.4. The van der Waals surface area contributed by atoms with E-state index in [-0.39, 0.29) is 13.2 Å². The van der Waals surface area contributed by atoms with Gasteiger partial charge in [-0.1, -0.05) is 35.9 Å². The Labute approximate surface area is 180 Å². The maximum atomic E-state index is 12.6. The summed E-state index contributed by atoms with van der Waals surface area (Å²) in [7, 11) is 1.53. The predicted octanol–water partition coefficient (Wildman–Crippen LogP) is 4.12. The third-order valence-electron chi connectivity index (χ3n) is 4.60. The quantitative estimate of drug-likeness (QED) is 0.645. The molecule has 0 spiro atoms. The van der Waals surface area contributed by atoms with E-state index >= 15 is 0 Å². The number of ether oxygens (including phenoxy) is 3. The van der Waals surface area contributed by atoms with Gasteiger partial charge in [0.1, 0.15) is 6.61 Å². The van der Waals surface area contributed by atoms with Crippen molar-refractivity contribution in [2.24, 2.45) is 0 Å². The normalized spacial score (nSPS) is 15.9. The number of rotatable bonds is 7. The first-order valence-electron chi connectivity index (χ1n) is 9.44. The topological polar surface area (TPSA) is 85.9 Å². The van der Waals surface area contributed by atoms with Crippen molar-refractivity contribution in [3.8, 4) is 11.5 Å². The molecule has 2 aromatic carbocycles. The molecule has 1 heterocycles. The summed E-state index contributed by atoms with van der Waals surface area (Å²) in [6.45, 7) is 3.85. The summed E-state index contributed by atoms with van der Waals surface area (Å²) in [5, 5.41) is 6.05. The number of urea groups is 1. The number of hydrogen-bond donors (Lipinski definition) is 2. The zero-order chi connectivity index (χ0) is 21.7. The van der Waals surface area contributed by atoms with Crippen LogP contribution in [0.15, 0.2) is 53.7 Å². The summed E-state index contributed by atoms with van der Waals surface area (Å²) in [4.78, 5) is 24.8. The highest BCUT2D eigenvalue weighted by Gasteiger charge is 2.34. The number of amides is 2. The van der Waals surface area contributed by atoms with Crippen LogP contribution in [0, 0.1) is 0 Å². The Balaban J connectivity index is 2.01. The lowest BCUT2D eigenvalue weighted by Gasteiger charge is -2.29. The Hall–Kier alpha value is -3.19. The molecule has 3 rings (SSSR count). The summed E-state index contributed by atoms with van der Waals surface area (Å²) < 4.78 is 16.8. The first-order chi connectivity index (χ1) is 14.4. The van der Waals surface area contributed by atoms with E-state index in [4.69, 9.17) is 25.8 Å². The molecular weight excluding hydrogens is 408 g/mol. The average Bonchev–Trinajstić information content (AvgIpc) is 2.72. The van der Waals surface area contributed by atoms with Crippen molar-refractivity contribution >= 4 is 23.6 Å². The minimum absolute atomic E-state index is 0.217. The monoisotopic (exact) mass is 430 g/mol. The van der Waals surface area contributed by atoms with Crippen LogP contribution < -0.4 is 20.1 Å². The van der Waals surface area contributed by atoms with Crippen LogP contribution in [-0.2, 0) is 16.1 Å². The third kappa shape index (κ3) is 4.68. The zero-order valence-electron chi connectivity index (χ0n) is 17.0. The van der Waals surface area contributed by atoms with Crippen molar-refractivity contribution in [2.75, 3.05) is 13.7 Å². The van der Waals surface area contributed by atoms with E-state index < -0.39 is 18.0 Å². The van der Waals surface area contributed by atoms with E-state index in [1.165, 1.54) is 7.11 Å². The largest absolute Gasteiger partial charge is 0.493 e. The highest BCUT2D eigenvalue weighted by Crippen LogP contribution is 2.39. The maximum absolute atomic E-state index is 12.6. The van der Waals surface area contributed by atoms with Gasteiger partial charge in [0.05, 0.1) is 25.3 Å². The second-order valence-electron chi connectivity index (χ2n) is 6.58. The van der Waals surface area contributed by atoms with Gasteiger partial charge in [0.2, 0.25) is 0 Å². The van der Waals surface area contributed by atoms with Crippen LogP contribution in [0.2, 0.25) is 5.02 Å². The summed E-state index contributed by atoms with van der Waals surface area (Å²) in [5.41, 5.74) is 2.22. The number of halogens is 1. The SMILES string of the molecule is CCOC(=O)C1=C(C)NC(=O)N[C@@H]1c1cccc(OC)c1OCc1ccc(Cl)cc1. The van der Waals surface area contributed by atoms with E-state index in [2.05, 4.69) is 10.6 Å². The van der Waals surface area contributed by atoms with Crippen molar-refractivity contribution in [3.05, 3.63) is 69.9 Å². The van der Waals surface area contributed by atoms with Crippen LogP contribution in [0.25, 0.3) is 0 Å². The molecule has 0 saturated heterocycles. The Morgan fingerprint density at radius 3 is 2.57 bits per heavy atom. The molecule has 1 atom stereocenters. The van der Waals surface area contributed by atoms with Gasteiger partial charge in [-0.05, 0) is 37.6 Å². The molecule has 1 aliphatic heterocycles. The van der Waals surface area contributed by atoms with Gasteiger partial charge in [0.15, 0.2) is 11.5 Å². The molecule has 2 amide bonds. The number of hydrogen-bond acceptors (Lipinski definition) is 5. The van der Waals surface area contributed by atoms with Crippen LogP contribution in [0.1, 0.15) is 31.0 Å². The highest BCUT2D eigenvalue weighted by atomic mass is 35.5. The molecular formula is C22H23ClN2O5. The van der Waals surface area contributed by atoms with Gasteiger partial charge >= 0.3 is 12.0 Å².